The van der Waals surface area contributed by atoms with E-state index in [0.29, 0.717) is 0 Å². The lowest BCUT2D eigenvalue weighted by Gasteiger charge is -2.17. The molecule has 2 nitrogen and oxygen atoms in total. The van der Waals surface area contributed by atoms with Gasteiger partial charge in [0.15, 0.2) is 0 Å². The third-order valence-corrected chi connectivity index (χ3v) is 2.86. The first kappa shape index (κ1) is 10.7. The van der Waals surface area contributed by atoms with Crippen LogP contribution in [0.25, 0.3) is 10.8 Å². The van der Waals surface area contributed by atoms with Crippen LogP contribution in [0.1, 0.15) is 19.4 Å². The zero-order valence-corrected chi connectivity index (χ0v) is 9.40. The van der Waals surface area contributed by atoms with Gasteiger partial charge in [0.25, 0.3) is 0 Å². The van der Waals surface area contributed by atoms with Crippen molar-refractivity contribution < 1.29 is 9.90 Å². The Hall–Kier alpha value is -1.83. The minimum atomic E-state index is -0.466. The number of aldehydes is 1. The van der Waals surface area contributed by atoms with Crippen molar-refractivity contribution in [2.75, 3.05) is 0 Å². The topological polar surface area (TPSA) is 37.3 Å². The molecule has 2 aromatic carbocycles. The fourth-order valence-electron chi connectivity index (χ4n) is 1.70. The molecule has 0 aliphatic heterocycles. The van der Waals surface area contributed by atoms with E-state index in [2.05, 4.69) is 0 Å². The maximum absolute atomic E-state index is 11.0. The molecule has 2 rings (SSSR count). The monoisotopic (exact) mass is 214 g/mol. The van der Waals surface area contributed by atoms with E-state index in [4.69, 9.17) is 0 Å². The number of rotatable bonds is 2. The van der Waals surface area contributed by atoms with Crippen LogP contribution in [0.15, 0.2) is 36.4 Å². The highest BCUT2D eigenvalue weighted by Crippen LogP contribution is 2.26. The van der Waals surface area contributed by atoms with Gasteiger partial charge >= 0.3 is 0 Å². The highest BCUT2D eigenvalue weighted by Gasteiger charge is 2.19. The van der Waals surface area contributed by atoms with Gasteiger partial charge in [0, 0.05) is 5.41 Å². The van der Waals surface area contributed by atoms with Crippen molar-refractivity contribution >= 4 is 17.1 Å². The van der Waals surface area contributed by atoms with Crippen LogP contribution in [0.5, 0.6) is 5.75 Å². The Bertz CT molecular complexity index is 541. The molecule has 0 saturated carbocycles. The van der Waals surface area contributed by atoms with Gasteiger partial charge < -0.3 is 9.90 Å². The predicted molar refractivity (Wildman–Crippen MR) is 64.7 cm³/mol. The number of carbonyl (C=O) groups excluding carboxylic acids is 1. The Morgan fingerprint density at radius 2 is 1.69 bits per heavy atom. The maximum Gasteiger partial charge on any atom is 0.129 e. The van der Waals surface area contributed by atoms with E-state index in [1.54, 1.807) is 12.1 Å². The molecule has 0 heterocycles. The van der Waals surface area contributed by atoms with Gasteiger partial charge in [0.05, 0.1) is 0 Å². The molecule has 0 saturated heterocycles. The third kappa shape index (κ3) is 1.78. The maximum atomic E-state index is 11.0. The van der Waals surface area contributed by atoms with Gasteiger partial charge in [-0.05, 0) is 42.3 Å². The highest BCUT2D eigenvalue weighted by atomic mass is 16.3. The summed E-state index contributed by atoms with van der Waals surface area (Å²) in [5.74, 6) is 0.259. The standard InChI is InChI=1S/C14H14O2/c1-14(2,9-15)12-5-3-11-8-13(16)6-4-10(11)7-12/h3-9,16H,1-2H3. The minimum Gasteiger partial charge on any atom is -0.508 e. The molecule has 82 valence electrons. The first-order valence-electron chi connectivity index (χ1n) is 5.22. The summed E-state index contributed by atoms with van der Waals surface area (Å²) in [5, 5.41) is 11.4. The number of hydrogen-bond donors (Lipinski definition) is 1. The normalized spacial score (nSPS) is 11.6. The minimum absolute atomic E-state index is 0.259. The van der Waals surface area contributed by atoms with E-state index in [9.17, 15) is 9.90 Å². The lowest BCUT2D eigenvalue weighted by molar-refractivity contribution is -0.111. The molecule has 0 aliphatic rings. The fourth-order valence-corrected chi connectivity index (χ4v) is 1.70. The van der Waals surface area contributed by atoms with E-state index in [1.165, 1.54) is 0 Å². The van der Waals surface area contributed by atoms with Crippen LogP contribution in [0.4, 0.5) is 0 Å². The molecule has 0 aliphatic carbocycles. The number of carbonyl (C=O) groups is 1. The lowest BCUT2D eigenvalue weighted by Crippen LogP contribution is -2.18. The molecule has 0 unspecified atom stereocenters. The Labute approximate surface area is 94.5 Å². The molecule has 0 radical (unpaired) electrons. The van der Waals surface area contributed by atoms with Crippen LogP contribution in [0.2, 0.25) is 0 Å². The molecule has 0 bridgehead atoms. The second-order valence-corrected chi connectivity index (χ2v) is 4.59. The summed E-state index contributed by atoms with van der Waals surface area (Å²) < 4.78 is 0. The zero-order chi connectivity index (χ0) is 11.8. The van der Waals surface area contributed by atoms with Gasteiger partial charge in [-0.15, -0.1) is 0 Å². The first-order chi connectivity index (χ1) is 7.53. The molecule has 2 heteroatoms. The lowest BCUT2D eigenvalue weighted by atomic mass is 9.85. The van der Waals surface area contributed by atoms with Crippen LogP contribution in [-0.2, 0) is 10.2 Å². The van der Waals surface area contributed by atoms with Gasteiger partial charge in [-0.3, -0.25) is 0 Å². The first-order valence-corrected chi connectivity index (χ1v) is 5.22. The summed E-state index contributed by atoms with van der Waals surface area (Å²) in [4.78, 5) is 11.0. The number of phenols is 1. The Morgan fingerprint density at radius 3 is 2.38 bits per heavy atom. The second kappa shape index (κ2) is 3.63. The molecule has 0 atom stereocenters. The molecule has 1 N–H and O–H groups in total. The summed E-state index contributed by atoms with van der Waals surface area (Å²) in [6, 6.07) is 11.1. The van der Waals surface area contributed by atoms with Crippen LogP contribution in [0.3, 0.4) is 0 Å². The van der Waals surface area contributed by atoms with E-state index in [0.717, 1.165) is 22.6 Å². The molecule has 0 fully saturated rings. The van der Waals surface area contributed by atoms with Gasteiger partial charge in [-0.25, -0.2) is 0 Å². The van der Waals surface area contributed by atoms with Crippen LogP contribution in [-0.4, -0.2) is 11.4 Å². The van der Waals surface area contributed by atoms with Crippen molar-refractivity contribution in [3.63, 3.8) is 0 Å². The van der Waals surface area contributed by atoms with E-state index in [-0.39, 0.29) is 5.75 Å². The number of benzene rings is 2. The quantitative estimate of drug-likeness (QED) is 0.780. The summed E-state index contributed by atoms with van der Waals surface area (Å²) >= 11 is 0. The number of phenolic OH excluding ortho intramolecular Hbond substituents is 1. The summed E-state index contributed by atoms with van der Waals surface area (Å²) in [6.45, 7) is 3.78. The molecule has 0 aromatic heterocycles. The summed E-state index contributed by atoms with van der Waals surface area (Å²) in [5.41, 5.74) is 0.521. The molecule has 2 aromatic rings. The van der Waals surface area contributed by atoms with Gasteiger partial charge in [-0.1, -0.05) is 24.3 Å². The SMILES string of the molecule is CC(C)(C=O)c1ccc2cc(O)ccc2c1. The van der Waals surface area contributed by atoms with E-state index in [1.807, 2.05) is 38.1 Å². The Kier molecular flexibility index (Phi) is 2.43. The van der Waals surface area contributed by atoms with Gasteiger partial charge in [-0.2, -0.15) is 0 Å². The van der Waals surface area contributed by atoms with Gasteiger partial charge in [0.1, 0.15) is 12.0 Å². The fraction of sp³-hybridized carbons (Fsp3) is 0.214. The number of aromatic hydroxyl groups is 1. The van der Waals surface area contributed by atoms with Crippen LogP contribution >= 0.6 is 0 Å². The average molecular weight is 214 g/mol. The van der Waals surface area contributed by atoms with Crippen LogP contribution in [0, 0.1) is 0 Å². The van der Waals surface area contributed by atoms with Crippen molar-refractivity contribution in [3.8, 4) is 5.75 Å². The zero-order valence-electron chi connectivity index (χ0n) is 9.40. The molecular weight excluding hydrogens is 200 g/mol. The number of fused-ring (bicyclic) bond motifs is 1. The molecule has 0 amide bonds. The van der Waals surface area contributed by atoms with Crippen LogP contribution < -0.4 is 0 Å². The Morgan fingerprint density at radius 1 is 1.06 bits per heavy atom. The average Bonchev–Trinajstić information content (AvgIpc) is 2.28. The van der Waals surface area contributed by atoms with Crippen molar-refractivity contribution in [1.82, 2.24) is 0 Å². The largest absolute Gasteiger partial charge is 0.508 e. The van der Waals surface area contributed by atoms with Crippen molar-refractivity contribution in [2.24, 2.45) is 0 Å². The van der Waals surface area contributed by atoms with E-state index >= 15 is 0 Å². The smallest absolute Gasteiger partial charge is 0.129 e. The molecule has 16 heavy (non-hydrogen) atoms. The second-order valence-electron chi connectivity index (χ2n) is 4.59. The summed E-state index contributed by atoms with van der Waals surface area (Å²) in [7, 11) is 0. The number of hydrogen-bond acceptors (Lipinski definition) is 2. The van der Waals surface area contributed by atoms with Crippen molar-refractivity contribution in [1.29, 1.82) is 0 Å². The predicted octanol–water partition coefficient (Wildman–Crippen LogP) is 3.02. The van der Waals surface area contributed by atoms with E-state index < -0.39 is 5.41 Å². The molecule has 0 spiro atoms. The van der Waals surface area contributed by atoms with Crippen molar-refractivity contribution in [3.05, 3.63) is 42.0 Å². The third-order valence-electron chi connectivity index (χ3n) is 2.86. The van der Waals surface area contributed by atoms with Crippen molar-refractivity contribution in [2.45, 2.75) is 19.3 Å². The Balaban J connectivity index is 2.61. The molecular formula is C14H14O2. The summed E-state index contributed by atoms with van der Waals surface area (Å²) in [6.07, 6.45) is 0.953. The van der Waals surface area contributed by atoms with Gasteiger partial charge in [0.2, 0.25) is 0 Å². The highest BCUT2D eigenvalue weighted by molar-refractivity contribution is 5.85.